The summed E-state index contributed by atoms with van der Waals surface area (Å²) in [5.74, 6) is 0.940. The maximum atomic E-state index is 5.39. The quantitative estimate of drug-likeness (QED) is 0.598. The fourth-order valence-corrected chi connectivity index (χ4v) is 3.39. The second kappa shape index (κ2) is 9.63. The molecule has 6 nitrogen and oxygen atoms in total. The predicted octanol–water partition coefficient (Wildman–Crippen LogP) is 1.15. The van der Waals surface area contributed by atoms with E-state index in [1.54, 1.807) is 0 Å². The average molecular weight is 345 g/mol. The molecule has 2 saturated heterocycles. The summed E-state index contributed by atoms with van der Waals surface area (Å²) in [5.41, 5.74) is 1.31. The number of anilines is 1. The Morgan fingerprint density at radius 2 is 2.00 bits per heavy atom. The van der Waals surface area contributed by atoms with Crippen molar-refractivity contribution >= 4 is 11.6 Å². The Hall–Kier alpha value is -1.79. The lowest BCUT2D eigenvalue weighted by Gasteiger charge is -2.26. The van der Waals surface area contributed by atoms with Gasteiger partial charge in [-0.2, -0.15) is 0 Å². The van der Waals surface area contributed by atoms with Crippen LogP contribution in [-0.2, 0) is 4.74 Å². The number of guanidine groups is 1. The van der Waals surface area contributed by atoms with Gasteiger partial charge in [-0.05, 0) is 25.5 Å². The van der Waals surface area contributed by atoms with Crippen molar-refractivity contribution in [2.45, 2.75) is 19.4 Å². The minimum atomic E-state index is 0.446. The fraction of sp³-hybridized carbons (Fsp3) is 0.632. The lowest BCUT2D eigenvalue weighted by molar-refractivity contribution is 0.0394. The van der Waals surface area contributed by atoms with Crippen LogP contribution in [0.5, 0.6) is 0 Å². The normalized spacial score (nSPS) is 22.2. The van der Waals surface area contributed by atoms with Crippen LogP contribution in [0, 0.1) is 0 Å². The molecule has 0 aromatic heterocycles. The van der Waals surface area contributed by atoms with Crippen molar-refractivity contribution in [2.24, 2.45) is 4.99 Å². The largest absolute Gasteiger partial charge is 0.379 e. The maximum Gasteiger partial charge on any atom is 0.191 e. The second-order valence-corrected chi connectivity index (χ2v) is 6.63. The zero-order valence-electron chi connectivity index (χ0n) is 15.3. The Bertz CT molecular complexity index is 530. The lowest BCUT2D eigenvalue weighted by Crippen LogP contribution is -2.45. The first-order valence-corrected chi connectivity index (χ1v) is 9.50. The van der Waals surface area contributed by atoms with Crippen LogP contribution in [0.1, 0.15) is 13.3 Å². The average Bonchev–Trinajstić information content (AvgIpc) is 3.12. The molecule has 1 aromatic rings. The van der Waals surface area contributed by atoms with Crippen LogP contribution in [0.25, 0.3) is 0 Å². The number of hydrogen-bond donors (Lipinski definition) is 2. The van der Waals surface area contributed by atoms with Crippen molar-refractivity contribution in [3.8, 4) is 0 Å². The van der Waals surface area contributed by atoms with Gasteiger partial charge in [0.1, 0.15) is 0 Å². The number of morpholine rings is 1. The van der Waals surface area contributed by atoms with Gasteiger partial charge in [0, 0.05) is 51.0 Å². The van der Waals surface area contributed by atoms with Gasteiger partial charge in [-0.25, -0.2) is 0 Å². The molecule has 0 aliphatic carbocycles. The molecule has 0 radical (unpaired) electrons. The monoisotopic (exact) mass is 345 g/mol. The zero-order valence-corrected chi connectivity index (χ0v) is 15.3. The predicted molar refractivity (Wildman–Crippen MR) is 103 cm³/mol. The molecule has 0 saturated carbocycles. The highest BCUT2D eigenvalue weighted by atomic mass is 16.5. The standard InChI is InChI=1S/C19H31N5O/c1-2-20-19(21-9-11-23-12-14-25-15-13-23)22-17-8-10-24(16-17)18-6-4-3-5-7-18/h3-7,17H,2,8-16H2,1H3,(H2,20,21,22). The van der Waals surface area contributed by atoms with Gasteiger partial charge >= 0.3 is 0 Å². The Kier molecular flexibility index (Phi) is 6.94. The van der Waals surface area contributed by atoms with Gasteiger partial charge in [0.2, 0.25) is 0 Å². The third-order valence-corrected chi connectivity index (χ3v) is 4.78. The highest BCUT2D eigenvalue weighted by Gasteiger charge is 2.23. The SMILES string of the molecule is CCNC(=NCCN1CCOCC1)NC1CCN(c2ccccc2)C1. The molecule has 1 unspecified atom stereocenters. The summed E-state index contributed by atoms with van der Waals surface area (Å²) in [6, 6.07) is 11.1. The third kappa shape index (κ3) is 5.61. The number of ether oxygens (including phenoxy) is 1. The Morgan fingerprint density at radius 1 is 1.20 bits per heavy atom. The van der Waals surface area contributed by atoms with E-state index < -0.39 is 0 Å². The second-order valence-electron chi connectivity index (χ2n) is 6.63. The highest BCUT2D eigenvalue weighted by molar-refractivity contribution is 5.80. The Morgan fingerprint density at radius 3 is 2.76 bits per heavy atom. The summed E-state index contributed by atoms with van der Waals surface area (Å²) in [4.78, 5) is 9.62. The van der Waals surface area contributed by atoms with E-state index in [1.165, 1.54) is 5.69 Å². The molecular formula is C19H31N5O. The maximum absolute atomic E-state index is 5.39. The highest BCUT2D eigenvalue weighted by Crippen LogP contribution is 2.19. The van der Waals surface area contributed by atoms with E-state index >= 15 is 0 Å². The van der Waals surface area contributed by atoms with Crippen molar-refractivity contribution < 1.29 is 4.74 Å². The van der Waals surface area contributed by atoms with Crippen LogP contribution in [-0.4, -0.2) is 75.9 Å². The summed E-state index contributed by atoms with van der Waals surface area (Å²) >= 11 is 0. The molecule has 3 rings (SSSR count). The van der Waals surface area contributed by atoms with Crippen LogP contribution >= 0.6 is 0 Å². The van der Waals surface area contributed by atoms with Crippen LogP contribution in [0.4, 0.5) is 5.69 Å². The summed E-state index contributed by atoms with van der Waals surface area (Å²) in [6.45, 7) is 10.7. The van der Waals surface area contributed by atoms with E-state index in [2.05, 4.69) is 57.7 Å². The van der Waals surface area contributed by atoms with E-state index in [1.807, 2.05) is 0 Å². The topological polar surface area (TPSA) is 52.1 Å². The molecular weight excluding hydrogens is 314 g/mol. The van der Waals surface area contributed by atoms with E-state index in [-0.39, 0.29) is 0 Å². The molecule has 138 valence electrons. The van der Waals surface area contributed by atoms with Gasteiger partial charge < -0.3 is 20.3 Å². The number of aliphatic imine (C=N–C) groups is 1. The van der Waals surface area contributed by atoms with E-state index in [0.717, 1.165) is 71.4 Å². The van der Waals surface area contributed by atoms with Crippen molar-refractivity contribution in [1.82, 2.24) is 15.5 Å². The minimum absolute atomic E-state index is 0.446. The molecule has 25 heavy (non-hydrogen) atoms. The van der Waals surface area contributed by atoms with E-state index in [9.17, 15) is 0 Å². The Balaban J connectivity index is 1.47. The molecule has 1 atom stereocenters. The number of nitrogens with one attached hydrogen (secondary N) is 2. The molecule has 2 N–H and O–H groups in total. The molecule has 2 heterocycles. The van der Waals surface area contributed by atoms with Crippen molar-refractivity contribution in [1.29, 1.82) is 0 Å². The smallest absolute Gasteiger partial charge is 0.191 e. The number of nitrogens with zero attached hydrogens (tertiary/aromatic N) is 3. The third-order valence-electron chi connectivity index (χ3n) is 4.78. The van der Waals surface area contributed by atoms with Gasteiger partial charge in [-0.1, -0.05) is 18.2 Å². The molecule has 0 spiro atoms. The molecule has 2 aliphatic heterocycles. The van der Waals surface area contributed by atoms with E-state index in [0.29, 0.717) is 6.04 Å². The van der Waals surface area contributed by atoms with Gasteiger partial charge in [0.15, 0.2) is 5.96 Å². The van der Waals surface area contributed by atoms with E-state index in [4.69, 9.17) is 9.73 Å². The van der Waals surface area contributed by atoms with Crippen LogP contribution in [0.15, 0.2) is 35.3 Å². The van der Waals surface area contributed by atoms with Crippen LogP contribution in [0.2, 0.25) is 0 Å². The lowest BCUT2D eigenvalue weighted by atomic mass is 10.3. The molecule has 2 fully saturated rings. The first-order valence-electron chi connectivity index (χ1n) is 9.50. The van der Waals surface area contributed by atoms with Crippen LogP contribution < -0.4 is 15.5 Å². The molecule has 0 bridgehead atoms. The summed E-state index contributed by atoms with van der Waals surface area (Å²) in [5, 5.41) is 6.99. The van der Waals surface area contributed by atoms with Crippen molar-refractivity contribution in [2.75, 3.05) is 63.9 Å². The van der Waals surface area contributed by atoms with Crippen molar-refractivity contribution in [3.05, 3.63) is 30.3 Å². The van der Waals surface area contributed by atoms with Gasteiger partial charge in [0.05, 0.1) is 19.8 Å². The molecule has 0 amide bonds. The van der Waals surface area contributed by atoms with Gasteiger partial charge in [0.25, 0.3) is 0 Å². The number of para-hydroxylation sites is 1. The fourth-order valence-electron chi connectivity index (χ4n) is 3.39. The summed E-state index contributed by atoms with van der Waals surface area (Å²) in [7, 11) is 0. The van der Waals surface area contributed by atoms with Crippen molar-refractivity contribution in [3.63, 3.8) is 0 Å². The number of rotatable bonds is 6. The van der Waals surface area contributed by atoms with Gasteiger partial charge in [-0.15, -0.1) is 0 Å². The number of benzene rings is 1. The van der Waals surface area contributed by atoms with Crippen LogP contribution in [0.3, 0.4) is 0 Å². The molecule has 6 heteroatoms. The summed E-state index contributed by atoms with van der Waals surface area (Å²) < 4.78 is 5.39. The zero-order chi connectivity index (χ0) is 17.3. The first kappa shape index (κ1) is 18.0. The minimum Gasteiger partial charge on any atom is -0.379 e. The molecule has 1 aromatic carbocycles. The molecule has 2 aliphatic rings. The van der Waals surface area contributed by atoms with Gasteiger partial charge in [-0.3, -0.25) is 9.89 Å². The Labute approximate surface area is 151 Å². The number of hydrogen-bond acceptors (Lipinski definition) is 4. The summed E-state index contributed by atoms with van der Waals surface area (Å²) in [6.07, 6.45) is 1.14. The first-order chi connectivity index (χ1) is 12.3.